The van der Waals surface area contributed by atoms with Crippen LogP contribution in [0.25, 0.3) is 10.9 Å². The van der Waals surface area contributed by atoms with E-state index in [1.165, 1.54) is 6.07 Å². The fourth-order valence-corrected chi connectivity index (χ4v) is 5.64. The Kier molecular flexibility index (Phi) is 8.30. The number of nitrogens with zero attached hydrogens (tertiary/aromatic N) is 3. The predicted molar refractivity (Wildman–Crippen MR) is 145 cm³/mol. The van der Waals surface area contributed by atoms with Gasteiger partial charge in [-0.25, -0.2) is 0 Å². The number of alkyl halides is 3. The average molecular weight is 558 g/mol. The van der Waals surface area contributed by atoms with Crippen molar-refractivity contribution in [3.63, 3.8) is 0 Å². The Morgan fingerprint density at radius 2 is 1.77 bits per heavy atom. The summed E-state index contributed by atoms with van der Waals surface area (Å²) >= 11 is 0. The lowest BCUT2D eigenvalue weighted by Gasteiger charge is -2.46. The van der Waals surface area contributed by atoms with Crippen molar-refractivity contribution in [2.75, 3.05) is 31.6 Å². The molecule has 1 aromatic heterocycles. The quantitative estimate of drug-likeness (QED) is 0.379. The summed E-state index contributed by atoms with van der Waals surface area (Å²) in [7, 11) is 0. The van der Waals surface area contributed by atoms with E-state index in [1.807, 2.05) is 37.3 Å². The van der Waals surface area contributed by atoms with Crippen molar-refractivity contribution >= 4 is 28.6 Å². The molecule has 0 spiro atoms. The van der Waals surface area contributed by atoms with Crippen molar-refractivity contribution in [1.29, 1.82) is 0 Å². The van der Waals surface area contributed by atoms with E-state index in [0.717, 1.165) is 56.5 Å². The molecule has 11 heteroatoms. The van der Waals surface area contributed by atoms with E-state index in [9.17, 15) is 22.8 Å². The Morgan fingerprint density at radius 3 is 2.45 bits per heavy atom. The first-order valence-corrected chi connectivity index (χ1v) is 13.8. The highest BCUT2D eigenvalue weighted by Gasteiger charge is 2.37. The molecule has 0 radical (unpaired) electrons. The van der Waals surface area contributed by atoms with Crippen molar-refractivity contribution in [2.45, 2.75) is 57.4 Å². The Bertz CT molecular complexity index is 1330. The second kappa shape index (κ2) is 11.9. The molecule has 0 bridgehead atoms. The van der Waals surface area contributed by atoms with Crippen LogP contribution in [0, 0.1) is 5.92 Å². The molecule has 2 heterocycles. The molecule has 2 fully saturated rings. The predicted octanol–water partition coefficient (Wildman–Crippen LogP) is 4.44. The molecule has 1 saturated carbocycles. The van der Waals surface area contributed by atoms with Gasteiger partial charge in [0.1, 0.15) is 0 Å². The van der Waals surface area contributed by atoms with Crippen LogP contribution in [-0.2, 0) is 27.0 Å². The van der Waals surface area contributed by atoms with Crippen LogP contribution in [0.5, 0.6) is 0 Å². The zero-order chi connectivity index (χ0) is 28.3. The summed E-state index contributed by atoms with van der Waals surface area (Å²) in [5.74, 6) is -0.123. The molecule has 3 aromatic rings. The first-order chi connectivity index (χ1) is 19.2. The average Bonchev–Trinajstić information content (AvgIpc) is 3.26. The third-order valence-corrected chi connectivity index (χ3v) is 7.78. The highest BCUT2D eigenvalue weighted by molar-refractivity contribution is 5.92. The summed E-state index contributed by atoms with van der Waals surface area (Å²) in [6.45, 7) is 3.98. The molecule has 0 atom stereocenters. The third-order valence-electron chi connectivity index (χ3n) is 7.78. The van der Waals surface area contributed by atoms with Crippen molar-refractivity contribution < 1.29 is 27.5 Å². The molecular weight excluding hydrogens is 523 g/mol. The number of carbonyl (C=O) groups excluding carboxylic acids is 2. The Labute approximate surface area is 230 Å². The molecule has 1 aliphatic heterocycles. The van der Waals surface area contributed by atoms with Gasteiger partial charge in [-0.1, -0.05) is 30.3 Å². The molecule has 40 heavy (non-hydrogen) atoms. The van der Waals surface area contributed by atoms with E-state index in [0.29, 0.717) is 30.1 Å². The number of carbonyl (C=O) groups is 2. The van der Waals surface area contributed by atoms with Crippen LogP contribution in [0.3, 0.4) is 0 Å². The van der Waals surface area contributed by atoms with E-state index in [-0.39, 0.29) is 36.2 Å². The summed E-state index contributed by atoms with van der Waals surface area (Å²) in [6.07, 6.45) is -0.975. The number of nitrogens with one attached hydrogen (secondary N) is 2. The lowest BCUT2D eigenvalue weighted by molar-refractivity contribution is -0.149. The largest absolute Gasteiger partial charge is 0.466 e. The maximum atomic E-state index is 13.4. The standard InChI is InChI=1S/C29H34F3N5O3/c1-2-40-28(39)20-8-11-23(12-9-20)36-17-22(18-36)34-26(38)15-33-27-24-14-21(29(30,31)32)10-13-25(24)37(35-27)16-19-6-4-3-5-7-19/h3-7,10,13-14,20,22-23H,2,8-9,11-12,15-18H2,1H3,(H,33,35)(H,34,38). The van der Waals surface area contributed by atoms with Crippen LogP contribution in [-0.4, -0.2) is 64.9 Å². The lowest BCUT2D eigenvalue weighted by Crippen LogP contribution is -2.63. The number of hydrogen-bond donors (Lipinski definition) is 2. The number of likely N-dealkylation sites (tertiary alicyclic amines) is 1. The van der Waals surface area contributed by atoms with E-state index >= 15 is 0 Å². The second-order valence-electron chi connectivity index (χ2n) is 10.6. The Balaban J connectivity index is 1.16. The molecule has 214 valence electrons. The van der Waals surface area contributed by atoms with Crippen LogP contribution in [0.2, 0.25) is 0 Å². The maximum absolute atomic E-state index is 13.4. The molecule has 1 amide bonds. The van der Waals surface area contributed by atoms with Gasteiger partial charge in [0, 0.05) is 24.5 Å². The first kappa shape index (κ1) is 27.9. The van der Waals surface area contributed by atoms with Crippen LogP contribution in [0.15, 0.2) is 48.5 Å². The van der Waals surface area contributed by atoms with Gasteiger partial charge in [-0.3, -0.25) is 19.2 Å². The van der Waals surface area contributed by atoms with Gasteiger partial charge in [-0.2, -0.15) is 18.3 Å². The van der Waals surface area contributed by atoms with Gasteiger partial charge in [0.05, 0.1) is 42.7 Å². The van der Waals surface area contributed by atoms with E-state index in [2.05, 4.69) is 20.6 Å². The smallest absolute Gasteiger partial charge is 0.416 e. The highest BCUT2D eigenvalue weighted by Crippen LogP contribution is 2.34. The third kappa shape index (κ3) is 6.41. The summed E-state index contributed by atoms with van der Waals surface area (Å²) in [5, 5.41) is 10.8. The van der Waals surface area contributed by atoms with Crippen molar-refractivity contribution in [3.05, 3.63) is 59.7 Å². The molecule has 0 unspecified atom stereocenters. The van der Waals surface area contributed by atoms with Gasteiger partial charge >= 0.3 is 12.1 Å². The lowest BCUT2D eigenvalue weighted by atomic mass is 9.84. The van der Waals surface area contributed by atoms with Gasteiger partial charge in [0.2, 0.25) is 5.91 Å². The molecular formula is C29H34F3N5O3. The number of fused-ring (bicyclic) bond motifs is 1. The van der Waals surface area contributed by atoms with Gasteiger partial charge in [-0.05, 0) is 56.4 Å². The van der Waals surface area contributed by atoms with Crippen LogP contribution >= 0.6 is 0 Å². The minimum atomic E-state index is -4.49. The van der Waals surface area contributed by atoms with Gasteiger partial charge < -0.3 is 15.4 Å². The molecule has 2 aliphatic rings. The Morgan fingerprint density at radius 1 is 1.05 bits per heavy atom. The summed E-state index contributed by atoms with van der Waals surface area (Å²) in [4.78, 5) is 27.0. The SMILES string of the molecule is CCOC(=O)C1CCC(N2CC(NC(=O)CNc3nn(Cc4ccccc4)c4ccc(C(F)(F)F)cc34)C2)CC1. The minimum absolute atomic E-state index is 0.0151. The number of anilines is 1. The molecule has 8 nitrogen and oxygen atoms in total. The molecule has 1 aliphatic carbocycles. The number of halogens is 3. The second-order valence-corrected chi connectivity index (χ2v) is 10.6. The van der Waals surface area contributed by atoms with E-state index in [4.69, 9.17) is 4.74 Å². The van der Waals surface area contributed by atoms with Gasteiger partial charge in [-0.15, -0.1) is 0 Å². The van der Waals surface area contributed by atoms with Gasteiger partial charge in [0.15, 0.2) is 5.82 Å². The van der Waals surface area contributed by atoms with Crippen LogP contribution < -0.4 is 10.6 Å². The number of amides is 1. The monoisotopic (exact) mass is 557 g/mol. The number of ether oxygens (including phenoxy) is 1. The summed E-state index contributed by atoms with van der Waals surface area (Å²) < 4.78 is 47.0. The number of esters is 1. The van der Waals surface area contributed by atoms with Crippen LogP contribution in [0.4, 0.5) is 19.0 Å². The maximum Gasteiger partial charge on any atom is 0.416 e. The summed E-state index contributed by atoms with van der Waals surface area (Å²) in [6, 6.07) is 13.5. The Hall–Kier alpha value is -3.60. The molecule has 5 rings (SSSR count). The normalized spacial score (nSPS) is 20.2. The highest BCUT2D eigenvalue weighted by atomic mass is 19.4. The minimum Gasteiger partial charge on any atom is -0.466 e. The number of aromatic nitrogens is 2. The van der Waals surface area contributed by atoms with Crippen molar-refractivity contribution in [3.8, 4) is 0 Å². The molecule has 2 N–H and O–H groups in total. The summed E-state index contributed by atoms with van der Waals surface area (Å²) in [5.41, 5.74) is 0.740. The zero-order valence-electron chi connectivity index (χ0n) is 22.4. The molecule has 2 aromatic carbocycles. The molecule has 1 saturated heterocycles. The van der Waals surface area contributed by atoms with Gasteiger partial charge in [0.25, 0.3) is 0 Å². The fraction of sp³-hybridized carbons (Fsp3) is 0.483. The number of hydrogen-bond acceptors (Lipinski definition) is 6. The fourth-order valence-electron chi connectivity index (χ4n) is 5.64. The zero-order valence-corrected chi connectivity index (χ0v) is 22.4. The van der Waals surface area contributed by atoms with E-state index < -0.39 is 11.7 Å². The van der Waals surface area contributed by atoms with E-state index in [1.54, 1.807) is 4.68 Å². The van der Waals surface area contributed by atoms with Crippen LogP contribution in [0.1, 0.15) is 43.7 Å². The number of rotatable bonds is 9. The van der Waals surface area contributed by atoms with Crippen molar-refractivity contribution in [1.82, 2.24) is 20.0 Å². The number of benzene rings is 2. The first-order valence-electron chi connectivity index (χ1n) is 13.8. The van der Waals surface area contributed by atoms with Crippen molar-refractivity contribution in [2.24, 2.45) is 5.92 Å². The topological polar surface area (TPSA) is 88.5 Å².